The molecule has 0 amide bonds. The van der Waals surface area contributed by atoms with E-state index in [-0.39, 0.29) is 4.87 Å². The quantitative estimate of drug-likeness (QED) is 0.876. The first-order chi connectivity index (χ1) is 11.6. The first-order valence-electron chi connectivity index (χ1n) is 8.79. The van der Waals surface area contributed by atoms with Crippen LogP contribution < -0.4 is 9.77 Å². The highest BCUT2D eigenvalue weighted by Crippen LogP contribution is 2.63. The molecule has 2 aromatic rings. The van der Waals surface area contributed by atoms with E-state index in [1.165, 1.54) is 46.7 Å². The van der Waals surface area contributed by atoms with Crippen LogP contribution >= 0.6 is 23.1 Å². The molecule has 3 aliphatic rings. The molecule has 24 heavy (non-hydrogen) atoms. The molecular weight excluding hydrogens is 336 g/mol. The molecule has 3 nitrogen and oxygen atoms in total. The Morgan fingerprint density at radius 2 is 1.88 bits per heavy atom. The normalized spacial score (nSPS) is 33.3. The van der Waals surface area contributed by atoms with Crippen molar-refractivity contribution < 1.29 is 0 Å². The van der Waals surface area contributed by atoms with Crippen molar-refractivity contribution in [2.75, 3.05) is 19.0 Å². The number of aromatic nitrogens is 1. The van der Waals surface area contributed by atoms with Crippen LogP contribution in [0.3, 0.4) is 0 Å². The van der Waals surface area contributed by atoms with Crippen LogP contribution in [0.4, 0.5) is 5.69 Å². The van der Waals surface area contributed by atoms with E-state index in [0.717, 1.165) is 16.9 Å². The van der Waals surface area contributed by atoms with E-state index in [4.69, 9.17) is 0 Å². The molecule has 2 fully saturated rings. The summed E-state index contributed by atoms with van der Waals surface area (Å²) >= 11 is 3.40. The Balaban J connectivity index is 1.62. The maximum absolute atomic E-state index is 12.0. The molecule has 1 aromatic heterocycles. The minimum absolute atomic E-state index is 0.106. The maximum atomic E-state index is 12.0. The molecule has 5 rings (SSSR count). The molecule has 5 heteroatoms. The number of nitrogens with zero attached hydrogens (tertiary/aromatic N) is 1. The average Bonchev–Trinajstić information content (AvgIpc) is 3.26. The summed E-state index contributed by atoms with van der Waals surface area (Å²) in [7, 11) is 4.16. The average molecular weight is 359 g/mol. The zero-order chi connectivity index (χ0) is 16.4. The van der Waals surface area contributed by atoms with Crippen LogP contribution in [0, 0.1) is 17.8 Å². The van der Waals surface area contributed by atoms with Crippen molar-refractivity contribution >= 4 is 28.8 Å². The molecule has 2 bridgehead atoms. The number of thiazole rings is 1. The van der Waals surface area contributed by atoms with Gasteiger partial charge in [-0.15, -0.1) is 11.8 Å². The number of anilines is 1. The van der Waals surface area contributed by atoms with E-state index in [0.29, 0.717) is 17.1 Å². The van der Waals surface area contributed by atoms with Gasteiger partial charge < -0.3 is 9.88 Å². The van der Waals surface area contributed by atoms with Crippen LogP contribution in [0.1, 0.15) is 35.6 Å². The van der Waals surface area contributed by atoms with Crippen molar-refractivity contribution in [3.05, 3.63) is 44.4 Å². The van der Waals surface area contributed by atoms with Gasteiger partial charge in [0.05, 0.1) is 5.03 Å². The van der Waals surface area contributed by atoms with Crippen LogP contribution in [0.5, 0.6) is 0 Å². The number of nitrogens with one attached hydrogen (secondary N) is 1. The van der Waals surface area contributed by atoms with Gasteiger partial charge in [-0.3, -0.25) is 4.79 Å². The summed E-state index contributed by atoms with van der Waals surface area (Å²) in [6.45, 7) is 0. The number of hydrogen-bond donors (Lipinski definition) is 1. The fourth-order valence-electron chi connectivity index (χ4n) is 5.20. The molecule has 126 valence electrons. The maximum Gasteiger partial charge on any atom is 0.305 e. The van der Waals surface area contributed by atoms with Gasteiger partial charge in [0.15, 0.2) is 0 Å². The minimum atomic E-state index is 0.106. The molecule has 1 aliphatic heterocycles. The van der Waals surface area contributed by atoms with Gasteiger partial charge in [-0.1, -0.05) is 23.5 Å². The highest BCUT2D eigenvalue weighted by atomic mass is 32.2. The van der Waals surface area contributed by atoms with Crippen molar-refractivity contribution in [1.82, 2.24) is 4.98 Å². The lowest BCUT2D eigenvalue weighted by Crippen LogP contribution is -2.33. The highest BCUT2D eigenvalue weighted by Gasteiger charge is 2.54. The third-order valence-electron chi connectivity index (χ3n) is 6.23. The summed E-state index contributed by atoms with van der Waals surface area (Å²) in [4.78, 5) is 18.7. The van der Waals surface area contributed by atoms with Gasteiger partial charge in [-0.25, -0.2) is 0 Å². The number of fused-ring (bicyclic) bond motifs is 6. The Morgan fingerprint density at radius 3 is 2.62 bits per heavy atom. The Bertz CT molecular complexity index is 823. The zero-order valence-corrected chi connectivity index (χ0v) is 15.6. The Morgan fingerprint density at radius 1 is 1.12 bits per heavy atom. The van der Waals surface area contributed by atoms with Crippen molar-refractivity contribution in [2.45, 2.75) is 35.5 Å². The molecule has 1 N–H and O–H groups in total. The monoisotopic (exact) mass is 358 g/mol. The van der Waals surface area contributed by atoms with Crippen LogP contribution in [0.2, 0.25) is 0 Å². The molecule has 2 heterocycles. The molecule has 2 aliphatic carbocycles. The van der Waals surface area contributed by atoms with Gasteiger partial charge in [-0.2, -0.15) is 0 Å². The summed E-state index contributed by atoms with van der Waals surface area (Å²) in [5.41, 5.74) is 2.62. The van der Waals surface area contributed by atoms with Gasteiger partial charge in [0.2, 0.25) is 0 Å². The highest BCUT2D eigenvalue weighted by molar-refractivity contribution is 8.00. The standard InChI is InChI=1S/C19H22N2OS2/c1-21(2)13-7-5-10(6-8-13)14-15-11-3-4-12(9-11)16(15)23-18-17(14)24-19(22)20-18/h5-8,11-12,14-16H,3-4,9H2,1-2H3,(H,20,22)/t11-,12-,14+,15-,16-/m0/s1. The van der Waals surface area contributed by atoms with Gasteiger partial charge in [0, 0.05) is 35.8 Å². The fraction of sp³-hybridized carbons (Fsp3) is 0.526. The van der Waals surface area contributed by atoms with Crippen molar-refractivity contribution in [2.24, 2.45) is 17.8 Å². The van der Waals surface area contributed by atoms with Crippen LogP contribution in [0.25, 0.3) is 0 Å². The van der Waals surface area contributed by atoms with Gasteiger partial charge >= 0.3 is 4.87 Å². The largest absolute Gasteiger partial charge is 0.378 e. The lowest BCUT2D eigenvalue weighted by molar-refractivity contribution is 0.307. The van der Waals surface area contributed by atoms with E-state index in [2.05, 4.69) is 48.2 Å². The predicted molar refractivity (Wildman–Crippen MR) is 102 cm³/mol. The number of benzene rings is 1. The van der Waals surface area contributed by atoms with E-state index in [9.17, 15) is 4.79 Å². The Hall–Kier alpha value is -1.20. The number of H-pyrrole nitrogens is 1. The summed E-state index contributed by atoms with van der Waals surface area (Å²) in [6.07, 6.45) is 4.16. The number of hydrogen-bond acceptors (Lipinski definition) is 4. The lowest BCUT2D eigenvalue weighted by atomic mass is 9.75. The van der Waals surface area contributed by atoms with E-state index >= 15 is 0 Å². The second-order valence-electron chi connectivity index (χ2n) is 7.66. The van der Waals surface area contributed by atoms with Gasteiger partial charge in [-0.05, 0) is 54.7 Å². The SMILES string of the molecule is CN(C)c1ccc([C@H]2c3sc(=O)[nH]c3S[C@H]3[C@H]4CC[C@@H](C4)[C@@H]23)cc1. The first-order valence-corrected chi connectivity index (χ1v) is 10.5. The van der Waals surface area contributed by atoms with Crippen molar-refractivity contribution in [3.63, 3.8) is 0 Å². The molecule has 0 unspecified atom stereocenters. The molecule has 1 aromatic carbocycles. The number of thioether (sulfide) groups is 1. The smallest absolute Gasteiger partial charge is 0.305 e. The van der Waals surface area contributed by atoms with Crippen LogP contribution in [-0.2, 0) is 0 Å². The van der Waals surface area contributed by atoms with E-state index < -0.39 is 0 Å². The van der Waals surface area contributed by atoms with Crippen LogP contribution in [0.15, 0.2) is 34.1 Å². The number of aromatic amines is 1. The first kappa shape index (κ1) is 15.1. The van der Waals surface area contributed by atoms with Gasteiger partial charge in [0.25, 0.3) is 0 Å². The summed E-state index contributed by atoms with van der Waals surface area (Å²) in [6, 6.07) is 9.00. The summed E-state index contributed by atoms with van der Waals surface area (Å²) < 4.78 is 0. The lowest BCUT2D eigenvalue weighted by Gasteiger charge is -2.40. The van der Waals surface area contributed by atoms with Crippen LogP contribution in [-0.4, -0.2) is 24.3 Å². The van der Waals surface area contributed by atoms with Gasteiger partial charge in [0.1, 0.15) is 0 Å². The third-order valence-corrected chi connectivity index (χ3v) is 8.86. The Kier molecular flexibility index (Phi) is 3.39. The summed E-state index contributed by atoms with van der Waals surface area (Å²) in [5, 5.41) is 1.85. The molecule has 5 atom stereocenters. The summed E-state index contributed by atoms with van der Waals surface area (Å²) in [5.74, 6) is 2.81. The molecule has 0 radical (unpaired) electrons. The topological polar surface area (TPSA) is 36.1 Å². The Labute approximate surface area is 150 Å². The van der Waals surface area contributed by atoms with E-state index in [1.54, 1.807) is 0 Å². The second-order valence-corrected chi connectivity index (χ2v) is 9.87. The third kappa shape index (κ3) is 2.14. The van der Waals surface area contributed by atoms with Crippen molar-refractivity contribution in [3.8, 4) is 0 Å². The fourth-order valence-corrected chi connectivity index (χ4v) is 8.10. The number of rotatable bonds is 2. The second kappa shape index (κ2) is 5.40. The molecular formula is C19H22N2OS2. The molecule has 0 saturated heterocycles. The van der Waals surface area contributed by atoms with Crippen molar-refractivity contribution in [1.29, 1.82) is 0 Å². The molecule has 0 spiro atoms. The van der Waals surface area contributed by atoms with E-state index in [1.807, 2.05) is 11.8 Å². The predicted octanol–water partition coefficient (Wildman–Crippen LogP) is 4.15. The molecule has 2 saturated carbocycles. The minimum Gasteiger partial charge on any atom is -0.378 e. The zero-order valence-electron chi connectivity index (χ0n) is 14.0.